The Morgan fingerprint density at radius 2 is 2.24 bits per heavy atom. The summed E-state index contributed by atoms with van der Waals surface area (Å²) in [7, 11) is 0. The molecule has 0 saturated heterocycles. The number of nitro groups is 1. The molecule has 0 bridgehead atoms. The Morgan fingerprint density at radius 3 is 2.71 bits per heavy atom. The molecule has 8 nitrogen and oxygen atoms in total. The molecule has 0 heterocycles. The van der Waals surface area contributed by atoms with Crippen molar-refractivity contribution in [3.63, 3.8) is 0 Å². The van der Waals surface area contributed by atoms with Crippen molar-refractivity contribution in [2.75, 3.05) is 5.43 Å². The Labute approximate surface area is 125 Å². The zero-order valence-electron chi connectivity index (χ0n) is 11.2. The number of nitrogens with one attached hydrogen (secondary N) is 1. The maximum absolute atomic E-state index is 11.5. The topological polar surface area (TPSA) is 118 Å². The third kappa shape index (κ3) is 4.74. The van der Waals surface area contributed by atoms with Gasteiger partial charge in [0.1, 0.15) is 11.1 Å². The molecule has 0 saturated carbocycles. The van der Waals surface area contributed by atoms with E-state index in [1.165, 1.54) is 18.2 Å². The van der Waals surface area contributed by atoms with Gasteiger partial charge in [0.2, 0.25) is 5.71 Å². The Morgan fingerprint density at radius 1 is 1.57 bits per heavy atom. The third-order valence-corrected chi connectivity index (χ3v) is 2.39. The number of carbonyl (C=O) groups is 1. The number of anilines is 1. The summed E-state index contributed by atoms with van der Waals surface area (Å²) in [6, 6.07) is 5.37. The Balaban J connectivity index is 2.88. The second-order valence-electron chi connectivity index (χ2n) is 4.06. The summed E-state index contributed by atoms with van der Waals surface area (Å²) in [6.45, 7) is 3.27. The normalized spacial score (nSPS) is 10.9. The van der Waals surface area contributed by atoms with Crippen LogP contribution < -0.4 is 5.43 Å². The number of benzene rings is 1. The highest BCUT2D eigenvalue weighted by Crippen LogP contribution is 2.27. The van der Waals surface area contributed by atoms with Crippen LogP contribution in [0, 0.1) is 21.4 Å². The van der Waals surface area contributed by atoms with E-state index in [0.29, 0.717) is 0 Å². The summed E-state index contributed by atoms with van der Waals surface area (Å²) in [4.78, 5) is 21.5. The van der Waals surface area contributed by atoms with Gasteiger partial charge < -0.3 is 4.74 Å². The van der Waals surface area contributed by atoms with Crippen LogP contribution in [0.1, 0.15) is 13.8 Å². The van der Waals surface area contributed by atoms with Gasteiger partial charge >= 0.3 is 5.97 Å². The van der Waals surface area contributed by atoms with Crippen molar-refractivity contribution in [2.24, 2.45) is 5.10 Å². The third-order valence-electron chi connectivity index (χ3n) is 2.08. The fourth-order valence-electron chi connectivity index (χ4n) is 1.23. The standard InChI is InChI=1S/C12H11ClN4O4/c1-7(2)21-12(18)10(6-14)16-15-8-3-4-11(17(19)20)9(13)5-8/h3-5,7,15H,1-2H3/b16-10-. The van der Waals surface area contributed by atoms with Gasteiger partial charge in [0, 0.05) is 6.07 Å². The minimum atomic E-state index is -0.868. The SMILES string of the molecule is CC(C)OC(=O)/C(C#N)=N\Nc1ccc([N+](=O)[O-])c(Cl)c1. The summed E-state index contributed by atoms with van der Waals surface area (Å²) in [6.07, 6.45) is -0.384. The van der Waals surface area contributed by atoms with Gasteiger partial charge in [-0.3, -0.25) is 15.5 Å². The van der Waals surface area contributed by atoms with Gasteiger partial charge in [-0.15, -0.1) is 0 Å². The molecule has 0 aliphatic carbocycles. The van der Waals surface area contributed by atoms with Crippen LogP contribution in [0.15, 0.2) is 23.3 Å². The fourth-order valence-corrected chi connectivity index (χ4v) is 1.48. The van der Waals surface area contributed by atoms with Crippen molar-refractivity contribution in [2.45, 2.75) is 20.0 Å². The average molecular weight is 311 g/mol. The van der Waals surface area contributed by atoms with Crippen LogP contribution in [0.3, 0.4) is 0 Å². The first-order valence-corrected chi connectivity index (χ1v) is 6.11. The summed E-state index contributed by atoms with van der Waals surface area (Å²) < 4.78 is 4.82. The lowest BCUT2D eigenvalue weighted by Gasteiger charge is -2.06. The van der Waals surface area contributed by atoms with E-state index in [1.54, 1.807) is 19.9 Å². The Kier molecular flexibility index (Phi) is 5.63. The molecule has 110 valence electrons. The van der Waals surface area contributed by atoms with E-state index in [-0.39, 0.29) is 22.5 Å². The number of halogens is 1. The van der Waals surface area contributed by atoms with Crippen LogP contribution in [0.5, 0.6) is 0 Å². The second-order valence-corrected chi connectivity index (χ2v) is 4.47. The van der Waals surface area contributed by atoms with Crippen molar-refractivity contribution in [1.29, 1.82) is 5.26 Å². The summed E-state index contributed by atoms with van der Waals surface area (Å²) in [5.74, 6) is -0.868. The van der Waals surface area contributed by atoms with Crippen LogP contribution in [0.25, 0.3) is 0 Å². The first-order valence-electron chi connectivity index (χ1n) is 5.74. The minimum Gasteiger partial charge on any atom is -0.458 e. The van der Waals surface area contributed by atoms with Crippen molar-refractivity contribution >= 4 is 34.7 Å². The fraction of sp³-hybridized carbons (Fsp3) is 0.250. The Hall–Kier alpha value is -2.66. The number of hydrazone groups is 1. The van der Waals surface area contributed by atoms with Crippen LogP contribution in [0.4, 0.5) is 11.4 Å². The number of esters is 1. The average Bonchev–Trinajstić information content (AvgIpc) is 2.38. The van der Waals surface area contributed by atoms with Crippen LogP contribution in [-0.4, -0.2) is 22.7 Å². The molecule has 0 aliphatic rings. The zero-order chi connectivity index (χ0) is 16.0. The number of ether oxygens (including phenoxy) is 1. The molecule has 0 radical (unpaired) electrons. The first kappa shape index (κ1) is 16.4. The van der Waals surface area contributed by atoms with Gasteiger partial charge in [-0.05, 0) is 26.0 Å². The zero-order valence-corrected chi connectivity index (χ0v) is 11.9. The van der Waals surface area contributed by atoms with Gasteiger partial charge in [-0.1, -0.05) is 11.6 Å². The van der Waals surface area contributed by atoms with Crippen molar-refractivity contribution in [3.8, 4) is 6.07 Å². The number of carbonyl (C=O) groups excluding carboxylic acids is 1. The second kappa shape index (κ2) is 7.21. The number of nitrogens with zero attached hydrogens (tertiary/aromatic N) is 3. The molecule has 21 heavy (non-hydrogen) atoms. The van der Waals surface area contributed by atoms with E-state index >= 15 is 0 Å². The lowest BCUT2D eigenvalue weighted by Crippen LogP contribution is -2.20. The first-order chi connectivity index (χ1) is 9.85. The molecule has 0 amide bonds. The molecule has 0 spiro atoms. The highest BCUT2D eigenvalue weighted by atomic mass is 35.5. The van der Waals surface area contributed by atoms with Crippen molar-refractivity contribution in [1.82, 2.24) is 0 Å². The highest BCUT2D eigenvalue weighted by Gasteiger charge is 2.15. The maximum Gasteiger partial charge on any atom is 0.370 e. The van der Waals surface area contributed by atoms with E-state index in [2.05, 4.69) is 10.5 Å². The lowest BCUT2D eigenvalue weighted by molar-refractivity contribution is -0.384. The van der Waals surface area contributed by atoms with Crippen LogP contribution in [0.2, 0.25) is 5.02 Å². The molecule has 0 fully saturated rings. The van der Waals surface area contributed by atoms with Crippen molar-refractivity contribution in [3.05, 3.63) is 33.3 Å². The number of nitro benzene ring substituents is 1. The predicted molar refractivity (Wildman–Crippen MR) is 76.0 cm³/mol. The van der Waals surface area contributed by atoms with E-state index in [0.717, 1.165) is 0 Å². The van der Waals surface area contributed by atoms with Gasteiger partial charge in [-0.25, -0.2) is 4.79 Å². The molecule has 0 aliphatic heterocycles. The van der Waals surface area contributed by atoms with E-state index in [9.17, 15) is 14.9 Å². The quantitative estimate of drug-likeness (QED) is 0.386. The van der Waals surface area contributed by atoms with E-state index in [1.807, 2.05) is 0 Å². The molecule has 9 heteroatoms. The number of hydrogen-bond donors (Lipinski definition) is 1. The monoisotopic (exact) mass is 310 g/mol. The number of hydrogen-bond acceptors (Lipinski definition) is 7. The molecule has 0 unspecified atom stereocenters. The van der Waals surface area contributed by atoms with E-state index < -0.39 is 16.6 Å². The molecule has 1 N–H and O–H groups in total. The maximum atomic E-state index is 11.5. The minimum absolute atomic E-state index is 0.0940. The highest BCUT2D eigenvalue weighted by molar-refractivity contribution is 6.43. The van der Waals surface area contributed by atoms with Gasteiger partial charge in [0.05, 0.1) is 16.7 Å². The van der Waals surface area contributed by atoms with Gasteiger partial charge in [-0.2, -0.15) is 10.4 Å². The molecular weight excluding hydrogens is 300 g/mol. The molecule has 1 rings (SSSR count). The summed E-state index contributed by atoms with van der Waals surface area (Å²) >= 11 is 5.72. The molecule has 0 atom stereocenters. The summed E-state index contributed by atoms with van der Waals surface area (Å²) in [5.41, 5.74) is 1.97. The number of rotatable bonds is 5. The lowest BCUT2D eigenvalue weighted by atomic mass is 10.3. The molecular formula is C12H11ClN4O4. The van der Waals surface area contributed by atoms with Crippen molar-refractivity contribution < 1.29 is 14.5 Å². The molecule has 1 aromatic rings. The van der Waals surface area contributed by atoms with E-state index in [4.69, 9.17) is 21.6 Å². The smallest absolute Gasteiger partial charge is 0.370 e. The van der Waals surface area contributed by atoms with Crippen LogP contribution in [-0.2, 0) is 9.53 Å². The van der Waals surface area contributed by atoms with Gasteiger partial charge in [0.15, 0.2) is 0 Å². The van der Waals surface area contributed by atoms with Gasteiger partial charge in [0.25, 0.3) is 5.69 Å². The van der Waals surface area contributed by atoms with Crippen LogP contribution >= 0.6 is 11.6 Å². The molecule has 0 aromatic heterocycles. The largest absolute Gasteiger partial charge is 0.458 e. The predicted octanol–water partition coefficient (Wildman–Crippen LogP) is 2.49. The number of nitriles is 1. The molecule has 1 aromatic carbocycles. The Bertz CT molecular complexity index is 637. The summed E-state index contributed by atoms with van der Waals surface area (Å²) in [5, 5.41) is 22.9.